The Morgan fingerprint density at radius 3 is 2.37 bits per heavy atom. The van der Waals surface area contributed by atoms with E-state index in [1.165, 1.54) is 17.5 Å². The molecule has 0 aliphatic rings. The minimum Gasteiger partial charge on any atom is -0.310 e. The highest BCUT2D eigenvalue weighted by atomic mass is 79.9. The lowest BCUT2D eigenvalue weighted by molar-refractivity contribution is 0.558. The topological polar surface area (TPSA) is 12.0 Å². The zero-order valence-corrected chi connectivity index (χ0v) is 12.9. The first-order chi connectivity index (χ1) is 9.25. The zero-order chi connectivity index (χ0) is 13.5. The average molecular weight is 318 g/mol. The van der Waals surface area contributed by atoms with Crippen LogP contribution in [-0.2, 0) is 6.42 Å². The molecule has 1 atom stereocenters. The lowest BCUT2D eigenvalue weighted by atomic mass is 10.1. The second kappa shape index (κ2) is 7.46. The van der Waals surface area contributed by atoms with Crippen molar-refractivity contribution in [1.29, 1.82) is 0 Å². The molecular weight excluding hydrogens is 298 g/mol. The first kappa shape index (κ1) is 14.3. The van der Waals surface area contributed by atoms with Crippen LogP contribution >= 0.6 is 15.9 Å². The summed E-state index contributed by atoms with van der Waals surface area (Å²) in [5.74, 6) is 0. The van der Waals surface area contributed by atoms with Gasteiger partial charge in [-0.3, -0.25) is 0 Å². The van der Waals surface area contributed by atoms with Crippen LogP contribution in [0.25, 0.3) is 0 Å². The highest BCUT2D eigenvalue weighted by Gasteiger charge is 2.03. The summed E-state index contributed by atoms with van der Waals surface area (Å²) in [6, 6.07) is 19.6. The molecule has 0 bridgehead atoms. The highest BCUT2D eigenvalue weighted by Crippen LogP contribution is 2.16. The van der Waals surface area contributed by atoms with Gasteiger partial charge in [-0.2, -0.15) is 0 Å². The van der Waals surface area contributed by atoms with Gasteiger partial charge in [0.1, 0.15) is 0 Å². The fourth-order valence-corrected chi connectivity index (χ4v) is 2.39. The van der Waals surface area contributed by atoms with Crippen LogP contribution in [0.1, 0.15) is 30.5 Å². The second-order valence-electron chi connectivity index (χ2n) is 4.82. The molecule has 0 saturated heterocycles. The van der Waals surface area contributed by atoms with E-state index in [-0.39, 0.29) is 0 Å². The largest absolute Gasteiger partial charge is 0.310 e. The number of hydrogen-bond donors (Lipinski definition) is 1. The molecule has 0 fully saturated rings. The van der Waals surface area contributed by atoms with Crippen molar-refractivity contribution in [1.82, 2.24) is 5.32 Å². The molecule has 0 aliphatic carbocycles. The van der Waals surface area contributed by atoms with E-state index in [0.29, 0.717) is 6.04 Å². The Morgan fingerprint density at radius 1 is 1.00 bits per heavy atom. The van der Waals surface area contributed by atoms with Gasteiger partial charge in [0.15, 0.2) is 0 Å². The van der Waals surface area contributed by atoms with E-state index in [1.807, 2.05) is 0 Å². The van der Waals surface area contributed by atoms with E-state index in [1.54, 1.807) is 0 Å². The lowest BCUT2D eigenvalue weighted by Gasteiger charge is -2.14. The normalized spacial score (nSPS) is 12.3. The third-order valence-electron chi connectivity index (χ3n) is 3.31. The van der Waals surface area contributed by atoms with E-state index in [2.05, 4.69) is 82.8 Å². The van der Waals surface area contributed by atoms with Gasteiger partial charge in [0.2, 0.25) is 0 Å². The molecule has 0 saturated carbocycles. The zero-order valence-electron chi connectivity index (χ0n) is 11.3. The maximum atomic E-state index is 3.57. The first-order valence-electron chi connectivity index (χ1n) is 6.78. The van der Waals surface area contributed by atoms with E-state index >= 15 is 0 Å². The van der Waals surface area contributed by atoms with Crippen molar-refractivity contribution >= 4 is 15.9 Å². The minimum atomic E-state index is 0.406. The third kappa shape index (κ3) is 4.81. The quantitative estimate of drug-likeness (QED) is 0.759. The minimum absolute atomic E-state index is 0.406. The Bertz CT molecular complexity index is 478. The molecule has 0 aromatic heterocycles. The molecule has 1 nitrogen and oxygen atoms in total. The number of nitrogens with one attached hydrogen (secondary N) is 1. The molecular formula is C17H20BrN. The summed E-state index contributed by atoms with van der Waals surface area (Å²) in [4.78, 5) is 0. The van der Waals surface area contributed by atoms with Gasteiger partial charge in [0, 0.05) is 10.5 Å². The summed E-state index contributed by atoms with van der Waals surface area (Å²) in [7, 11) is 0. The molecule has 1 N–H and O–H groups in total. The van der Waals surface area contributed by atoms with Gasteiger partial charge in [-0.25, -0.2) is 0 Å². The maximum Gasteiger partial charge on any atom is 0.0291 e. The Hall–Kier alpha value is -1.12. The van der Waals surface area contributed by atoms with E-state index < -0.39 is 0 Å². The summed E-state index contributed by atoms with van der Waals surface area (Å²) in [6.45, 7) is 3.26. The number of halogens is 1. The molecule has 2 heteroatoms. The summed E-state index contributed by atoms with van der Waals surface area (Å²) in [6.07, 6.45) is 2.31. The summed E-state index contributed by atoms with van der Waals surface area (Å²) < 4.78 is 1.13. The maximum absolute atomic E-state index is 3.57. The van der Waals surface area contributed by atoms with Crippen molar-refractivity contribution in [2.24, 2.45) is 0 Å². The third-order valence-corrected chi connectivity index (χ3v) is 3.83. The molecule has 19 heavy (non-hydrogen) atoms. The highest BCUT2D eigenvalue weighted by molar-refractivity contribution is 9.10. The predicted molar refractivity (Wildman–Crippen MR) is 85.3 cm³/mol. The van der Waals surface area contributed by atoms with Gasteiger partial charge in [-0.15, -0.1) is 0 Å². The summed E-state index contributed by atoms with van der Waals surface area (Å²) in [5.41, 5.74) is 2.75. The SMILES string of the molecule is CC(NCCCc1ccccc1)c1ccc(Br)cc1. The molecule has 2 rings (SSSR count). The number of benzene rings is 2. The Labute approximate surface area is 124 Å². The molecule has 0 radical (unpaired) electrons. The van der Waals surface area contributed by atoms with E-state index in [4.69, 9.17) is 0 Å². The fraction of sp³-hybridized carbons (Fsp3) is 0.294. The second-order valence-corrected chi connectivity index (χ2v) is 5.73. The van der Waals surface area contributed by atoms with Crippen LogP contribution in [0.4, 0.5) is 0 Å². The van der Waals surface area contributed by atoms with E-state index in [9.17, 15) is 0 Å². The number of hydrogen-bond acceptors (Lipinski definition) is 1. The van der Waals surface area contributed by atoms with Crippen LogP contribution in [0.3, 0.4) is 0 Å². The molecule has 0 aliphatic heterocycles. The Balaban J connectivity index is 1.72. The van der Waals surface area contributed by atoms with Crippen LogP contribution in [0.15, 0.2) is 59.1 Å². The van der Waals surface area contributed by atoms with Crippen molar-refractivity contribution in [2.45, 2.75) is 25.8 Å². The molecule has 0 amide bonds. The van der Waals surface area contributed by atoms with Gasteiger partial charge in [-0.05, 0) is 49.6 Å². The van der Waals surface area contributed by atoms with Crippen LogP contribution < -0.4 is 5.32 Å². The Kier molecular flexibility index (Phi) is 5.62. The fourth-order valence-electron chi connectivity index (χ4n) is 2.13. The molecule has 0 spiro atoms. The smallest absolute Gasteiger partial charge is 0.0291 e. The average Bonchev–Trinajstić information content (AvgIpc) is 2.45. The monoisotopic (exact) mass is 317 g/mol. The Morgan fingerprint density at radius 2 is 1.68 bits per heavy atom. The van der Waals surface area contributed by atoms with Gasteiger partial charge < -0.3 is 5.32 Å². The van der Waals surface area contributed by atoms with Gasteiger partial charge in [0.05, 0.1) is 0 Å². The van der Waals surface area contributed by atoms with Crippen LogP contribution in [-0.4, -0.2) is 6.54 Å². The standard InChI is InChI=1S/C17H20BrN/c1-14(16-9-11-17(18)12-10-16)19-13-5-8-15-6-3-2-4-7-15/h2-4,6-7,9-12,14,19H,5,8,13H2,1H3. The van der Waals surface area contributed by atoms with Gasteiger partial charge in [-0.1, -0.05) is 58.4 Å². The van der Waals surface area contributed by atoms with Gasteiger partial charge in [0.25, 0.3) is 0 Å². The van der Waals surface area contributed by atoms with Crippen LogP contribution in [0, 0.1) is 0 Å². The predicted octanol–water partition coefficient (Wildman–Crippen LogP) is 4.73. The van der Waals surface area contributed by atoms with Crippen LogP contribution in [0.2, 0.25) is 0 Å². The molecule has 2 aromatic rings. The van der Waals surface area contributed by atoms with Crippen molar-refractivity contribution in [2.75, 3.05) is 6.54 Å². The molecule has 2 aromatic carbocycles. The number of aryl methyl sites for hydroxylation is 1. The van der Waals surface area contributed by atoms with Crippen molar-refractivity contribution in [3.8, 4) is 0 Å². The number of rotatable bonds is 6. The lowest BCUT2D eigenvalue weighted by Crippen LogP contribution is -2.20. The first-order valence-corrected chi connectivity index (χ1v) is 7.58. The summed E-state index contributed by atoms with van der Waals surface area (Å²) in [5, 5.41) is 3.57. The van der Waals surface area contributed by atoms with Gasteiger partial charge >= 0.3 is 0 Å². The molecule has 0 heterocycles. The molecule has 100 valence electrons. The van der Waals surface area contributed by atoms with Crippen LogP contribution in [0.5, 0.6) is 0 Å². The van der Waals surface area contributed by atoms with Crippen molar-refractivity contribution in [3.63, 3.8) is 0 Å². The summed E-state index contributed by atoms with van der Waals surface area (Å²) >= 11 is 3.46. The van der Waals surface area contributed by atoms with E-state index in [0.717, 1.165) is 17.4 Å². The molecule has 1 unspecified atom stereocenters. The van der Waals surface area contributed by atoms with Crippen molar-refractivity contribution < 1.29 is 0 Å². The van der Waals surface area contributed by atoms with Crippen molar-refractivity contribution in [3.05, 3.63) is 70.2 Å².